The minimum Gasteiger partial charge on any atom is -0.465 e. The zero-order valence-corrected chi connectivity index (χ0v) is 13.2. The van der Waals surface area contributed by atoms with Gasteiger partial charge < -0.3 is 10.1 Å². The Morgan fingerprint density at radius 2 is 1.95 bits per heavy atom. The molecule has 0 spiro atoms. The van der Waals surface area contributed by atoms with Crippen LogP contribution in [0.4, 0.5) is 0 Å². The van der Waals surface area contributed by atoms with Crippen molar-refractivity contribution in [1.29, 1.82) is 0 Å². The lowest BCUT2D eigenvalue weighted by molar-refractivity contribution is 0.0599. The molecule has 1 aromatic rings. The van der Waals surface area contributed by atoms with Crippen molar-refractivity contribution in [1.82, 2.24) is 5.32 Å². The molecule has 0 atom stereocenters. The molecule has 0 radical (unpaired) electrons. The van der Waals surface area contributed by atoms with Crippen molar-refractivity contribution in [2.75, 3.05) is 7.11 Å². The van der Waals surface area contributed by atoms with E-state index in [2.05, 4.69) is 12.2 Å². The van der Waals surface area contributed by atoms with E-state index in [9.17, 15) is 4.79 Å². The Labute approximate surface area is 128 Å². The van der Waals surface area contributed by atoms with E-state index in [1.165, 1.54) is 45.6 Å². The molecular formula is C18H27NO2. The molecule has 116 valence electrons. The smallest absolute Gasteiger partial charge is 0.338 e. The molecule has 1 aliphatic carbocycles. The summed E-state index contributed by atoms with van der Waals surface area (Å²) in [5, 5.41) is 3.61. The summed E-state index contributed by atoms with van der Waals surface area (Å²) >= 11 is 0. The molecule has 0 bridgehead atoms. The third-order valence-electron chi connectivity index (χ3n) is 4.55. The Balaban J connectivity index is 1.85. The van der Waals surface area contributed by atoms with Gasteiger partial charge in [-0.1, -0.05) is 38.0 Å². The van der Waals surface area contributed by atoms with Crippen LogP contribution in [0.1, 0.15) is 61.4 Å². The highest BCUT2D eigenvalue weighted by Crippen LogP contribution is 2.28. The molecule has 1 aromatic carbocycles. The van der Waals surface area contributed by atoms with E-state index in [0.29, 0.717) is 11.6 Å². The number of nitrogens with one attached hydrogen (secondary N) is 1. The van der Waals surface area contributed by atoms with Crippen LogP contribution in [0.3, 0.4) is 0 Å². The Kier molecular flexibility index (Phi) is 6.24. The van der Waals surface area contributed by atoms with E-state index in [-0.39, 0.29) is 5.97 Å². The molecule has 0 aliphatic heterocycles. The third-order valence-corrected chi connectivity index (χ3v) is 4.55. The molecule has 3 heteroatoms. The largest absolute Gasteiger partial charge is 0.465 e. The summed E-state index contributed by atoms with van der Waals surface area (Å²) in [7, 11) is 1.43. The summed E-state index contributed by atoms with van der Waals surface area (Å²) in [6, 6.07) is 8.28. The minimum atomic E-state index is -0.251. The molecule has 1 fully saturated rings. The molecule has 1 aliphatic rings. The van der Waals surface area contributed by atoms with E-state index < -0.39 is 0 Å². The van der Waals surface area contributed by atoms with E-state index in [0.717, 1.165) is 18.0 Å². The predicted octanol–water partition coefficient (Wildman–Crippen LogP) is 3.92. The maximum Gasteiger partial charge on any atom is 0.338 e. The summed E-state index contributed by atoms with van der Waals surface area (Å²) in [4.78, 5) is 11.8. The molecular weight excluding hydrogens is 262 g/mol. The maximum absolute atomic E-state index is 11.8. The lowest BCUT2D eigenvalue weighted by Gasteiger charge is -2.29. The lowest BCUT2D eigenvalue weighted by Crippen LogP contribution is -2.33. The van der Waals surface area contributed by atoms with Crippen LogP contribution in [-0.4, -0.2) is 19.1 Å². The number of carbonyl (C=O) groups is 1. The molecule has 2 rings (SSSR count). The first-order chi connectivity index (χ1) is 10.2. The Hall–Kier alpha value is -1.35. The Morgan fingerprint density at radius 3 is 2.62 bits per heavy atom. The monoisotopic (exact) mass is 289 g/mol. The van der Waals surface area contributed by atoms with E-state index in [1.54, 1.807) is 0 Å². The van der Waals surface area contributed by atoms with Crippen LogP contribution >= 0.6 is 0 Å². The molecule has 1 N–H and O–H groups in total. The van der Waals surface area contributed by atoms with Crippen molar-refractivity contribution in [3.05, 3.63) is 35.4 Å². The summed E-state index contributed by atoms with van der Waals surface area (Å²) in [6.45, 7) is 3.02. The van der Waals surface area contributed by atoms with Crippen molar-refractivity contribution in [3.8, 4) is 0 Å². The summed E-state index contributed by atoms with van der Waals surface area (Å²) < 4.78 is 4.84. The lowest BCUT2D eigenvalue weighted by atomic mass is 9.83. The van der Waals surface area contributed by atoms with Crippen LogP contribution in [0, 0.1) is 5.92 Å². The average Bonchev–Trinajstić information content (AvgIpc) is 2.54. The molecule has 3 nitrogen and oxygen atoms in total. The molecule has 0 unspecified atom stereocenters. The number of methoxy groups -OCH3 is 1. The van der Waals surface area contributed by atoms with Gasteiger partial charge in [0.15, 0.2) is 0 Å². The second kappa shape index (κ2) is 8.18. The van der Waals surface area contributed by atoms with Crippen molar-refractivity contribution in [2.45, 2.75) is 58.0 Å². The topological polar surface area (TPSA) is 38.3 Å². The van der Waals surface area contributed by atoms with Crippen LogP contribution in [0.15, 0.2) is 24.3 Å². The predicted molar refractivity (Wildman–Crippen MR) is 85.3 cm³/mol. The molecule has 21 heavy (non-hydrogen) atoms. The summed E-state index contributed by atoms with van der Waals surface area (Å²) in [5.74, 6) is 0.675. The summed E-state index contributed by atoms with van der Waals surface area (Å²) in [5.41, 5.74) is 1.70. The quantitative estimate of drug-likeness (QED) is 0.807. The molecule has 0 aromatic heterocycles. The van der Waals surface area contributed by atoms with Gasteiger partial charge in [-0.3, -0.25) is 0 Å². The Morgan fingerprint density at radius 1 is 1.24 bits per heavy atom. The highest BCUT2D eigenvalue weighted by molar-refractivity contribution is 5.90. The number of ether oxygens (including phenoxy) is 1. The highest BCUT2D eigenvalue weighted by atomic mass is 16.5. The van der Waals surface area contributed by atoms with Crippen LogP contribution in [0.5, 0.6) is 0 Å². The number of hydrogen-bond acceptors (Lipinski definition) is 3. The minimum absolute atomic E-state index is 0.251. The van der Waals surface area contributed by atoms with E-state index in [4.69, 9.17) is 4.74 Å². The number of hydrogen-bond donors (Lipinski definition) is 1. The highest BCUT2D eigenvalue weighted by Gasteiger charge is 2.20. The zero-order valence-electron chi connectivity index (χ0n) is 13.2. The molecule has 0 amide bonds. The van der Waals surface area contributed by atoms with Gasteiger partial charge in [0, 0.05) is 12.6 Å². The standard InChI is InChI=1S/C18H27NO2/c1-3-6-14-9-11-16(12-10-14)19-13-15-7-4-5-8-17(15)18(20)21-2/h4-5,7-8,14,16,19H,3,6,9-13H2,1-2H3. The molecule has 1 saturated carbocycles. The van der Waals surface area contributed by atoms with Gasteiger partial charge in [0.25, 0.3) is 0 Å². The van der Waals surface area contributed by atoms with Gasteiger partial charge in [-0.2, -0.15) is 0 Å². The number of rotatable bonds is 6. The second-order valence-corrected chi connectivity index (χ2v) is 6.04. The Bertz CT molecular complexity index is 450. The summed E-state index contributed by atoms with van der Waals surface area (Å²) in [6.07, 6.45) is 7.86. The van der Waals surface area contributed by atoms with Crippen molar-refractivity contribution in [2.24, 2.45) is 5.92 Å². The van der Waals surface area contributed by atoms with Gasteiger partial charge in [-0.05, 0) is 43.2 Å². The van der Waals surface area contributed by atoms with Gasteiger partial charge in [-0.25, -0.2) is 4.79 Å². The van der Waals surface area contributed by atoms with Gasteiger partial charge >= 0.3 is 5.97 Å². The van der Waals surface area contributed by atoms with Gasteiger partial charge in [0.05, 0.1) is 12.7 Å². The van der Waals surface area contributed by atoms with Gasteiger partial charge in [-0.15, -0.1) is 0 Å². The first-order valence-electron chi connectivity index (χ1n) is 8.14. The van der Waals surface area contributed by atoms with Crippen molar-refractivity contribution in [3.63, 3.8) is 0 Å². The van der Waals surface area contributed by atoms with Crippen LogP contribution in [0.2, 0.25) is 0 Å². The SMILES string of the molecule is CCCC1CCC(NCc2ccccc2C(=O)OC)CC1. The number of carbonyl (C=O) groups excluding carboxylic acids is 1. The fourth-order valence-corrected chi connectivity index (χ4v) is 3.30. The fraction of sp³-hybridized carbons (Fsp3) is 0.611. The van der Waals surface area contributed by atoms with Crippen LogP contribution in [-0.2, 0) is 11.3 Å². The third kappa shape index (κ3) is 4.57. The maximum atomic E-state index is 11.8. The van der Waals surface area contributed by atoms with Crippen LogP contribution in [0.25, 0.3) is 0 Å². The van der Waals surface area contributed by atoms with E-state index >= 15 is 0 Å². The molecule has 0 saturated heterocycles. The van der Waals surface area contributed by atoms with Crippen molar-refractivity contribution < 1.29 is 9.53 Å². The number of esters is 1. The normalized spacial score (nSPS) is 22.0. The van der Waals surface area contributed by atoms with Gasteiger partial charge in [0.2, 0.25) is 0 Å². The second-order valence-electron chi connectivity index (χ2n) is 6.04. The van der Waals surface area contributed by atoms with E-state index in [1.807, 2.05) is 24.3 Å². The zero-order chi connectivity index (χ0) is 15.1. The van der Waals surface area contributed by atoms with Gasteiger partial charge in [0.1, 0.15) is 0 Å². The molecule has 0 heterocycles. The first-order valence-corrected chi connectivity index (χ1v) is 8.14. The van der Waals surface area contributed by atoms with Crippen LogP contribution < -0.4 is 5.32 Å². The first kappa shape index (κ1) is 16.0. The fourth-order valence-electron chi connectivity index (χ4n) is 3.30. The van der Waals surface area contributed by atoms with Crippen molar-refractivity contribution >= 4 is 5.97 Å². The number of benzene rings is 1. The average molecular weight is 289 g/mol.